The largest absolute Gasteiger partial charge is 0.493 e. The Morgan fingerprint density at radius 2 is 2.04 bits per heavy atom. The van der Waals surface area contributed by atoms with Crippen LogP contribution in [0.15, 0.2) is 36.5 Å². The van der Waals surface area contributed by atoms with Gasteiger partial charge in [-0.3, -0.25) is 10.1 Å². The van der Waals surface area contributed by atoms with Crippen molar-refractivity contribution in [3.8, 4) is 5.75 Å². The average Bonchev–Trinajstić information content (AvgIpc) is 3.12. The topological polar surface area (TPSA) is 76.6 Å². The molecule has 3 heterocycles. The first-order valence-corrected chi connectivity index (χ1v) is 9.10. The molecule has 7 nitrogen and oxygen atoms in total. The van der Waals surface area contributed by atoms with Crippen molar-refractivity contribution in [1.82, 2.24) is 9.97 Å². The van der Waals surface area contributed by atoms with E-state index in [-0.39, 0.29) is 5.91 Å². The lowest BCUT2D eigenvalue weighted by Crippen LogP contribution is -2.36. The highest BCUT2D eigenvalue weighted by Gasteiger charge is 2.21. The molecule has 0 atom stereocenters. The zero-order valence-electron chi connectivity index (χ0n) is 14.3. The smallest absolute Gasteiger partial charge is 0.257 e. The third kappa shape index (κ3) is 3.21. The second kappa shape index (κ2) is 7.27. The number of ether oxygens (including phenoxy) is 2. The van der Waals surface area contributed by atoms with Crippen LogP contribution in [0.1, 0.15) is 10.4 Å². The number of aromatic nitrogens is 2. The number of nitrogens with zero attached hydrogens (tertiary/aromatic N) is 3. The van der Waals surface area contributed by atoms with Gasteiger partial charge in [-0.05, 0) is 12.1 Å². The Morgan fingerprint density at radius 3 is 2.77 bits per heavy atom. The lowest BCUT2D eigenvalue weighted by atomic mass is 10.2. The maximum atomic E-state index is 12.4. The normalized spacial score (nSPS) is 14.4. The number of hydrogen-bond acceptors (Lipinski definition) is 7. The van der Waals surface area contributed by atoms with Gasteiger partial charge >= 0.3 is 0 Å². The minimum atomic E-state index is -0.190. The molecule has 134 valence electrons. The van der Waals surface area contributed by atoms with Gasteiger partial charge in [-0.2, -0.15) is 0 Å². The van der Waals surface area contributed by atoms with Crippen LogP contribution in [0, 0.1) is 0 Å². The molecule has 1 aliphatic rings. The van der Waals surface area contributed by atoms with Gasteiger partial charge in [0, 0.05) is 18.7 Å². The van der Waals surface area contributed by atoms with Crippen molar-refractivity contribution >= 4 is 38.4 Å². The summed E-state index contributed by atoms with van der Waals surface area (Å²) in [6.45, 7) is 2.90. The number of hydrogen-bond donors (Lipinski definition) is 1. The Morgan fingerprint density at radius 1 is 1.27 bits per heavy atom. The van der Waals surface area contributed by atoms with Gasteiger partial charge in [-0.1, -0.05) is 29.5 Å². The molecule has 0 spiro atoms. The zero-order chi connectivity index (χ0) is 17.9. The van der Waals surface area contributed by atoms with Crippen molar-refractivity contribution in [1.29, 1.82) is 0 Å². The molecule has 26 heavy (non-hydrogen) atoms. The molecule has 0 aliphatic carbocycles. The van der Waals surface area contributed by atoms with Crippen molar-refractivity contribution in [2.24, 2.45) is 0 Å². The number of rotatable bonds is 4. The number of thiazole rings is 1. The molecule has 4 rings (SSSR count). The van der Waals surface area contributed by atoms with Gasteiger partial charge in [0.05, 0.1) is 26.5 Å². The van der Waals surface area contributed by atoms with Crippen molar-refractivity contribution in [2.75, 3.05) is 43.6 Å². The third-order valence-electron chi connectivity index (χ3n) is 4.15. The highest BCUT2D eigenvalue weighted by atomic mass is 32.1. The maximum Gasteiger partial charge on any atom is 0.257 e. The molecule has 1 saturated heterocycles. The molecule has 0 unspecified atom stereocenters. The van der Waals surface area contributed by atoms with Gasteiger partial charge in [0.2, 0.25) is 0 Å². The van der Waals surface area contributed by atoms with Gasteiger partial charge in [0.25, 0.3) is 5.91 Å². The molecule has 1 aliphatic heterocycles. The first-order chi connectivity index (χ1) is 12.8. The number of pyridine rings is 1. The van der Waals surface area contributed by atoms with E-state index in [4.69, 9.17) is 9.47 Å². The Bertz CT molecular complexity index is 923. The summed E-state index contributed by atoms with van der Waals surface area (Å²) < 4.78 is 11.7. The standard InChI is InChI=1S/C18H18N4O3S/c1-24-13-11-19-16(22-7-9-25-10-8-22)15-14(13)20-18(26-15)21-17(23)12-5-3-2-4-6-12/h2-6,11H,7-10H2,1H3,(H,20,21,23). The number of methoxy groups -OCH3 is 1. The van der Waals surface area contributed by atoms with Crippen LogP contribution in [-0.4, -0.2) is 49.3 Å². The van der Waals surface area contributed by atoms with Gasteiger partial charge in [0.1, 0.15) is 16.0 Å². The number of fused-ring (bicyclic) bond motifs is 1. The Hall–Kier alpha value is -2.71. The summed E-state index contributed by atoms with van der Waals surface area (Å²) in [7, 11) is 1.59. The summed E-state index contributed by atoms with van der Waals surface area (Å²) in [6, 6.07) is 9.07. The highest BCUT2D eigenvalue weighted by Crippen LogP contribution is 2.38. The van der Waals surface area contributed by atoms with Crippen LogP contribution in [-0.2, 0) is 4.74 Å². The van der Waals surface area contributed by atoms with E-state index >= 15 is 0 Å². The van der Waals surface area contributed by atoms with E-state index < -0.39 is 0 Å². The molecule has 1 fully saturated rings. The Balaban J connectivity index is 1.69. The van der Waals surface area contributed by atoms with E-state index in [9.17, 15) is 4.79 Å². The summed E-state index contributed by atoms with van der Waals surface area (Å²) in [6.07, 6.45) is 1.68. The second-order valence-electron chi connectivity index (χ2n) is 5.77. The number of amides is 1. The SMILES string of the molecule is COc1cnc(N2CCOCC2)c2sc(NC(=O)c3ccccc3)nc12. The van der Waals surface area contributed by atoms with Crippen LogP contribution >= 0.6 is 11.3 Å². The number of benzene rings is 1. The molecular weight excluding hydrogens is 352 g/mol. The van der Waals surface area contributed by atoms with Gasteiger partial charge in [0.15, 0.2) is 10.9 Å². The third-order valence-corrected chi connectivity index (χ3v) is 5.12. The fraction of sp³-hybridized carbons (Fsp3) is 0.278. The van der Waals surface area contributed by atoms with Crippen LogP contribution in [0.25, 0.3) is 10.2 Å². The maximum absolute atomic E-state index is 12.4. The predicted octanol–water partition coefficient (Wildman–Crippen LogP) is 2.79. The second-order valence-corrected chi connectivity index (χ2v) is 6.77. The molecule has 0 bridgehead atoms. The van der Waals surface area contributed by atoms with Crippen LogP contribution in [0.2, 0.25) is 0 Å². The summed E-state index contributed by atoms with van der Waals surface area (Å²) in [5, 5.41) is 3.39. The first-order valence-electron chi connectivity index (χ1n) is 8.29. The van der Waals surface area contributed by atoms with Crippen molar-refractivity contribution in [2.45, 2.75) is 0 Å². The molecule has 1 N–H and O–H groups in total. The fourth-order valence-corrected chi connectivity index (χ4v) is 3.83. The van der Waals surface area contributed by atoms with E-state index in [2.05, 4.69) is 20.2 Å². The van der Waals surface area contributed by atoms with Gasteiger partial charge < -0.3 is 14.4 Å². The van der Waals surface area contributed by atoms with E-state index in [0.29, 0.717) is 35.2 Å². The predicted molar refractivity (Wildman–Crippen MR) is 101 cm³/mol. The highest BCUT2D eigenvalue weighted by molar-refractivity contribution is 7.23. The minimum Gasteiger partial charge on any atom is -0.493 e. The van der Waals surface area contributed by atoms with E-state index in [1.54, 1.807) is 25.4 Å². The first kappa shape index (κ1) is 16.7. The molecule has 8 heteroatoms. The molecule has 3 aromatic rings. The summed E-state index contributed by atoms with van der Waals surface area (Å²) >= 11 is 1.40. The van der Waals surface area contributed by atoms with Gasteiger partial charge in [-0.15, -0.1) is 0 Å². The molecular formula is C18H18N4O3S. The average molecular weight is 370 g/mol. The molecule has 0 radical (unpaired) electrons. The zero-order valence-corrected chi connectivity index (χ0v) is 15.1. The van der Waals surface area contributed by atoms with Crippen molar-refractivity contribution < 1.29 is 14.3 Å². The summed E-state index contributed by atoms with van der Waals surface area (Å²) in [5.74, 6) is 1.25. The lowest BCUT2D eigenvalue weighted by molar-refractivity contribution is 0.102. The summed E-state index contributed by atoms with van der Waals surface area (Å²) in [5.41, 5.74) is 1.29. The van der Waals surface area contributed by atoms with Crippen LogP contribution in [0.3, 0.4) is 0 Å². The van der Waals surface area contributed by atoms with Crippen molar-refractivity contribution in [3.05, 3.63) is 42.1 Å². The van der Waals surface area contributed by atoms with Crippen LogP contribution in [0.4, 0.5) is 10.9 Å². The van der Waals surface area contributed by atoms with Crippen molar-refractivity contribution in [3.63, 3.8) is 0 Å². The minimum absolute atomic E-state index is 0.190. The van der Waals surface area contributed by atoms with Gasteiger partial charge in [-0.25, -0.2) is 9.97 Å². The number of carbonyl (C=O) groups is 1. The number of anilines is 2. The fourth-order valence-electron chi connectivity index (χ4n) is 2.84. The molecule has 1 amide bonds. The van der Waals surface area contributed by atoms with Crippen LogP contribution in [0.5, 0.6) is 5.75 Å². The monoisotopic (exact) mass is 370 g/mol. The Labute approximate surface area is 154 Å². The number of morpholine rings is 1. The molecule has 2 aromatic heterocycles. The van der Waals surface area contributed by atoms with E-state index in [0.717, 1.165) is 23.6 Å². The van der Waals surface area contributed by atoms with Crippen LogP contribution < -0.4 is 15.0 Å². The summed E-state index contributed by atoms with van der Waals surface area (Å²) in [4.78, 5) is 23.7. The van der Waals surface area contributed by atoms with E-state index in [1.807, 2.05) is 18.2 Å². The van der Waals surface area contributed by atoms with E-state index in [1.165, 1.54) is 11.3 Å². The number of nitrogens with one attached hydrogen (secondary N) is 1. The lowest BCUT2D eigenvalue weighted by Gasteiger charge is -2.28. The number of carbonyl (C=O) groups excluding carboxylic acids is 1. The Kier molecular flexibility index (Phi) is 4.68. The molecule has 0 saturated carbocycles. The molecule has 1 aromatic carbocycles. The quantitative estimate of drug-likeness (QED) is 0.761.